The number of para-hydroxylation sites is 1. The van der Waals surface area contributed by atoms with Gasteiger partial charge in [0.1, 0.15) is 11.5 Å². The molecule has 4 rings (SSSR count). The van der Waals surface area contributed by atoms with Gasteiger partial charge in [-0.15, -0.1) is 0 Å². The van der Waals surface area contributed by atoms with Gasteiger partial charge in [-0.1, -0.05) is 39.0 Å². The van der Waals surface area contributed by atoms with E-state index in [0.717, 1.165) is 18.4 Å². The summed E-state index contributed by atoms with van der Waals surface area (Å²) in [6, 6.07) is 6.34. The highest BCUT2D eigenvalue weighted by Gasteiger charge is 2.59. The largest absolute Gasteiger partial charge is 0.345 e. The average molecular weight is 452 g/mol. The number of fused-ring (bicyclic) bond motifs is 2. The first kappa shape index (κ1) is 22.8. The van der Waals surface area contributed by atoms with Gasteiger partial charge in [0.15, 0.2) is 0 Å². The summed E-state index contributed by atoms with van der Waals surface area (Å²) in [7, 11) is 0. The number of benzene rings is 1. The van der Waals surface area contributed by atoms with Crippen molar-refractivity contribution in [2.75, 3.05) is 11.9 Å². The number of hydrogen-bond donors (Lipinski definition) is 3. The third-order valence-corrected chi connectivity index (χ3v) is 6.43. The van der Waals surface area contributed by atoms with Crippen LogP contribution in [0.2, 0.25) is 0 Å². The molecule has 0 bridgehead atoms. The number of hydrogen-bond acceptors (Lipinski definition) is 4. The van der Waals surface area contributed by atoms with Crippen molar-refractivity contribution in [3.8, 4) is 0 Å². The Kier molecular flexibility index (Phi) is 5.64. The minimum atomic E-state index is -0.999. The van der Waals surface area contributed by atoms with Crippen molar-refractivity contribution in [1.82, 2.24) is 15.5 Å². The maximum atomic E-state index is 13.6. The number of anilines is 1. The fourth-order valence-electron chi connectivity index (χ4n) is 4.67. The van der Waals surface area contributed by atoms with Gasteiger partial charge >= 0.3 is 18.0 Å². The predicted octanol–water partition coefficient (Wildman–Crippen LogP) is 1.55. The maximum Gasteiger partial charge on any atom is 0.309 e. The molecular formula is C24H29N5O4. The van der Waals surface area contributed by atoms with Crippen LogP contribution in [0.15, 0.2) is 24.3 Å². The van der Waals surface area contributed by atoms with Gasteiger partial charge in [-0.25, -0.2) is 6.57 Å². The van der Waals surface area contributed by atoms with Crippen molar-refractivity contribution >= 4 is 29.3 Å². The zero-order valence-electron chi connectivity index (χ0n) is 19.1. The maximum absolute atomic E-state index is 13.6. The fourth-order valence-corrected chi connectivity index (χ4v) is 4.67. The molecule has 1 aliphatic carbocycles. The lowest BCUT2D eigenvalue weighted by Crippen LogP contribution is -2.54. The van der Waals surface area contributed by atoms with Crippen molar-refractivity contribution in [3.05, 3.63) is 41.2 Å². The van der Waals surface area contributed by atoms with Crippen LogP contribution in [0.4, 0.5) is 5.69 Å². The zero-order valence-corrected chi connectivity index (χ0v) is 19.1. The smallest absolute Gasteiger partial charge is 0.309 e. The normalized spacial score (nSPS) is 24.6. The average Bonchev–Trinajstić information content (AvgIpc) is 3.41. The number of nitrogens with one attached hydrogen (secondary N) is 3. The Morgan fingerprint density at radius 3 is 2.58 bits per heavy atom. The van der Waals surface area contributed by atoms with E-state index in [2.05, 4.69) is 20.8 Å². The second-order valence-electron chi connectivity index (χ2n) is 10.4. The van der Waals surface area contributed by atoms with Crippen LogP contribution in [0, 0.1) is 12.0 Å². The van der Waals surface area contributed by atoms with E-state index in [9.17, 15) is 19.2 Å². The molecule has 33 heavy (non-hydrogen) atoms. The molecule has 4 amide bonds. The summed E-state index contributed by atoms with van der Waals surface area (Å²) in [6.07, 6.45) is 1.31. The summed E-state index contributed by atoms with van der Waals surface area (Å²) in [5.74, 6) is -2.30. The molecule has 9 heteroatoms. The molecule has 3 atom stereocenters. The number of likely N-dealkylation sites (tertiary alicyclic amines) is 1. The Labute approximate surface area is 193 Å². The van der Waals surface area contributed by atoms with Crippen LogP contribution in [0.25, 0.3) is 4.85 Å². The van der Waals surface area contributed by atoms with Gasteiger partial charge in [-0.2, -0.15) is 0 Å². The van der Waals surface area contributed by atoms with E-state index < -0.39 is 35.3 Å². The fraction of sp³-hybridized carbons (Fsp3) is 0.542. The highest BCUT2D eigenvalue weighted by Crippen LogP contribution is 2.46. The highest BCUT2D eigenvalue weighted by atomic mass is 16.2. The van der Waals surface area contributed by atoms with Gasteiger partial charge in [-0.3, -0.25) is 28.9 Å². The molecule has 1 saturated carbocycles. The molecule has 2 heterocycles. The number of nitrogens with zero attached hydrogens (tertiary/aromatic N) is 2. The molecule has 0 unspecified atom stereocenters. The SMILES string of the molecule is [C-]#[N+][C@@H]1C[C@@]2(CN1C(=O)[C@H](CC(C)(C)C)NC(=O)C(=O)NC1CC1)C(=O)Nc1ccccc12. The molecular weight excluding hydrogens is 422 g/mol. The molecule has 3 N–H and O–H groups in total. The first-order valence-electron chi connectivity index (χ1n) is 11.2. The Hall–Kier alpha value is -3.41. The first-order valence-corrected chi connectivity index (χ1v) is 11.2. The molecule has 0 aromatic heterocycles. The van der Waals surface area contributed by atoms with Crippen LogP contribution >= 0.6 is 0 Å². The summed E-state index contributed by atoms with van der Waals surface area (Å²) in [5, 5.41) is 8.09. The second-order valence-corrected chi connectivity index (χ2v) is 10.4. The molecule has 1 aromatic carbocycles. The van der Waals surface area contributed by atoms with Gasteiger partial charge in [0.2, 0.25) is 5.91 Å². The van der Waals surface area contributed by atoms with Crippen molar-refractivity contribution < 1.29 is 19.2 Å². The Bertz CT molecular complexity index is 1050. The van der Waals surface area contributed by atoms with Crippen LogP contribution in [0.1, 0.15) is 52.0 Å². The topological polar surface area (TPSA) is 112 Å². The van der Waals surface area contributed by atoms with Crippen LogP contribution in [-0.2, 0) is 24.6 Å². The van der Waals surface area contributed by atoms with Crippen LogP contribution in [-0.4, -0.2) is 53.3 Å². The summed E-state index contributed by atoms with van der Waals surface area (Å²) < 4.78 is 0. The quantitative estimate of drug-likeness (QED) is 0.476. The number of carbonyl (C=O) groups is 4. The van der Waals surface area contributed by atoms with E-state index in [1.165, 1.54) is 4.90 Å². The molecule has 1 saturated heterocycles. The molecule has 2 aliphatic heterocycles. The molecule has 3 aliphatic rings. The van der Waals surface area contributed by atoms with Crippen molar-refractivity contribution in [2.24, 2.45) is 5.41 Å². The standard InChI is InChI=1S/C24H29N5O4/c1-23(2,3)11-17(27-20(31)19(30)26-14-9-10-14)21(32)29-13-24(12-18(29)25-4)15-7-5-6-8-16(15)28-22(24)33/h5-8,14,17-18H,9-13H2,1-3H3,(H,26,30)(H,27,31)(H,28,33)/t17-,18-,24-/m0/s1. The van der Waals surface area contributed by atoms with E-state index in [-0.39, 0.29) is 36.8 Å². The Morgan fingerprint density at radius 1 is 1.24 bits per heavy atom. The van der Waals surface area contributed by atoms with E-state index in [1.807, 2.05) is 39.0 Å². The van der Waals surface area contributed by atoms with E-state index in [1.54, 1.807) is 6.07 Å². The first-order chi connectivity index (χ1) is 15.5. The monoisotopic (exact) mass is 451 g/mol. The van der Waals surface area contributed by atoms with Crippen molar-refractivity contribution in [2.45, 2.75) is 70.1 Å². The molecule has 174 valence electrons. The van der Waals surface area contributed by atoms with Crippen LogP contribution < -0.4 is 16.0 Å². The van der Waals surface area contributed by atoms with E-state index in [4.69, 9.17) is 6.57 Å². The Balaban J connectivity index is 1.58. The summed E-state index contributed by atoms with van der Waals surface area (Å²) in [4.78, 5) is 56.4. The summed E-state index contributed by atoms with van der Waals surface area (Å²) in [6.45, 7) is 13.5. The molecule has 9 nitrogen and oxygen atoms in total. The number of amides is 4. The number of rotatable bonds is 4. The Morgan fingerprint density at radius 2 is 1.94 bits per heavy atom. The van der Waals surface area contributed by atoms with Gasteiger partial charge in [0.25, 0.3) is 5.91 Å². The molecule has 2 fully saturated rings. The lowest BCUT2D eigenvalue weighted by molar-refractivity contribution is -0.143. The molecule has 1 aromatic rings. The van der Waals surface area contributed by atoms with Gasteiger partial charge in [0.05, 0.1) is 6.42 Å². The third-order valence-electron chi connectivity index (χ3n) is 6.43. The van der Waals surface area contributed by atoms with Crippen molar-refractivity contribution in [1.29, 1.82) is 0 Å². The third kappa shape index (κ3) is 4.42. The van der Waals surface area contributed by atoms with E-state index in [0.29, 0.717) is 5.69 Å². The second kappa shape index (κ2) is 8.18. The molecule has 0 radical (unpaired) electrons. The highest BCUT2D eigenvalue weighted by molar-refractivity contribution is 6.35. The summed E-state index contributed by atoms with van der Waals surface area (Å²) in [5.41, 5.74) is 0.139. The van der Waals surface area contributed by atoms with Gasteiger partial charge in [0, 0.05) is 18.3 Å². The minimum absolute atomic E-state index is 0.0194. The van der Waals surface area contributed by atoms with Gasteiger partial charge in [-0.05, 0) is 36.3 Å². The van der Waals surface area contributed by atoms with Crippen LogP contribution in [0.3, 0.4) is 0 Å². The molecule has 1 spiro atoms. The van der Waals surface area contributed by atoms with Gasteiger partial charge < -0.3 is 16.0 Å². The number of carbonyl (C=O) groups excluding carboxylic acids is 4. The zero-order chi connectivity index (χ0) is 24.0. The summed E-state index contributed by atoms with van der Waals surface area (Å²) >= 11 is 0. The van der Waals surface area contributed by atoms with E-state index >= 15 is 0 Å². The van der Waals surface area contributed by atoms with Crippen LogP contribution in [0.5, 0.6) is 0 Å². The predicted molar refractivity (Wildman–Crippen MR) is 121 cm³/mol. The lowest BCUT2D eigenvalue weighted by atomic mass is 9.80. The van der Waals surface area contributed by atoms with Crippen molar-refractivity contribution in [3.63, 3.8) is 0 Å². The minimum Gasteiger partial charge on any atom is -0.345 e. The lowest BCUT2D eigenvalue weighted by Gasteiger charge is -2.29.